The van der Waals surface area contributed by atoms with Crippen LogP contribution in [0.3, 0.4) is 0 Å². The predicted octanol–water partition coefficient (Wildman–Crippen LogP) is 3.76. The van der Waals surface area contributed by atoms with E-state index in [1.807, 2.05) is 31.2 Å². The third-order valence-corrected chi connectivity index (χ3v) is 4.58. The fraction of sp³-hybridized carbons (Fsp3) is 0.200. The van der Waals surface area contributed by atoms with Gasteiger partial charge in [-0.2, -0.15) is 0 Å². The zero-order valence-electron chi connectivity index (χ0n) is 16.2. The van der Waals surface area contributed by atoms with Gasteiger partial charge in [-0.1, -0.05) is 31.2 Å². The van der Waals surface area contributed by atoms with E-state index in [2.05, 4.69) is 15.3 Å². The number of aromatic nitrogens is 2. The van der Waals surface area contributed by atoms with Crippen LogP contribution in [0.4, 0.5) is 23.0 Å². The molecule has 0 unspecified atom stereocenters. The Morgan fingerprint density at radius 1 is 1.00 bits per heavy atom. The number of pyridine rings is 2. The van der Waals surface area contributed by atoms with Crippen LogP contribution in [0.2, 0.25) is 0 Å². The number of nitrogen functional groups attached to an aromatic ring is 1. The molecule has 0 saturated carbocycles. The molecule has 0 aliphatic heterocycles. The molecule has 3 N–H and O–H groups in total. The summed E-state index contributed by atoms with van der Waals surface area (Å²) in [6.07, 6.45) is 2.94. The maximum absolute atomic E-state index is 11.6. The Bertz CT molecular complexity index is 1090. The molecule has 0 aliphatic rings. The maximum Gasteiger partial charge on any atom is 0.311 e. The van der Waals surface area contributed by atoms with Crippen molar-refractivity contribution in [2.75, 3.05) is 17.6 Å². The molecule has 0 fully saturated rings. The Morgan fingerprint density at radius 3 is 2.30 bits per heavy atom. The zero-order valence-corrected chi connectivity index (χ0v) is 16.2. The number of nitrogens with two attached hydrogens (primary N) is 1. The first kappa shape index (κ1) is 20.6. The van der Waals surface area contributed by atoms with E-state index in [0.717, 1.165) is 12.0 Å². The monoisotopic (exact) mass is 408 g/mol. The van der Waals surface area contributed by atoms with Gasteiger partial charge in [0, 0.05) is 30.4 Å². The highest BCUT2D eigenvalue weighted by atomic mass is 16.6. The highest BCUT2D eigenvalue weighted by molar-refractivity contribution is 5.70. The lowest BCUT2D eigenvalue weighted by atomic mass is 10.0. The molecule has 3 aromatic rings. The van der Waals surface area contributed by atoms with Gasteiger partial charge in [0.2, 0.25) is 5.82 Å². The Balaban J connectivity index is 1.72. The number of rotatable bonds is 8. The van der Waals surface area contributed by atoms with Crippen molar-refractivity contribution < 1.29 is 9.85 Å². The van der Waals surface area contributed by atoms with Crippen molar-refractivity contribution in [3.63, 3.8) is 0 Å². The topological polar surface area (TPSA) is 150 Å². The number of hydrogen-bond donors (Lipinski definition) is 2. The number of aryl methyl sites for hydroxylation is 1. The SMILES string of the molecule is CCc1ccc(-c2ncc(CCNc3ccc([N+](=O)[O-])c(N)n3)cc2[N+](=O)[O-])cc1. The van der Waals surface area contributed by atoms with Gasteiger partial charge < -0.3 is 11.1 Å². The van der Waals surface area contributed by atoms with Gasteiger partial charge >= 0.3 is 5.69 Å². The Morgan fingerprint density at radius 2 is 1.70 bits per heavy atom. The molecule has 0 aliphatic carbocycles. The fourth-order valence-electron chi connectivity index (χ4n) is 2.95. The molecular formula is C20H20N6O4. The summed E-state index contributed by atoms with van der Waals surface area (Å²) < 4.78 is 0. The van der Waals surface area contributed by atoms with Crippen molar-refractivity contribution in [3.8, 4) is 11.3 Å². The van der Waals surface area contributed by atoms with Gasteiger partial charge in [0.1, 0.15) is 11.5 Å². The summed E-state index contributed by atoms with van der Waals surface area (Å²) in [4.78, 5) is 29.6. The summed E-state index contributed by atoms with van der Waals surface area (Å²) in [7, 11) is 0. The molecule has 154 valence electrons. The van der Waals surface area contributed by atoms with E-state index >= 15 is 0 Å². The second kappa shape index (κ2) is 8.95. The van der Waals surface area contributed by atoms with Crippen LogP contribution >= 0.6 is 0 Å². The average molecular weight is 408 g/mol. The van der Waals surface area contributed by atoms with Crippen molar-refractivity contribution in [3.05, 3.63) is 80.0 Å². The quantitative estimate of drug-likeness (QED) is 0.422. The molecule has 0 bridgehead atoms. The first-order chi connectivity index (χ1) is 14.4. The van der Waals surface area contributed by atoms with Gasteiger partial charge in [0.05, 0.1) is 9.85 Å². The lowest BCUT2D eigenvalue weighted by Crippen LogP contribution is -2.09. The average Bonchev–Trinajstić information content (AvgIpc) is 2.73. The summed E-state index contributed by atoms with van der Waals surface area (Å²) in [5, 5.41) is 25.3. The first-order valence-corrected chi connectivity index (χ1v) is 9.26. The highest BCUT2D eigenvalue weighted by Gasteiger charge is 2.18. The summed E-state index contributed by atoms with van der Waals surface area (Å²) >= 11 is 0. The third kappa shape index (κ3) is 4.66. The molecule has 0 spiro atoms. The van der Waals surface area contributed by atoms with Crippen LogP contribution in [0, 0.1) is 20.2 Å². The van der Waals surface area contributed by atoms with Gasteiger partial charge in [-0.05, 0) is 30.0 Å². The molecule has 1 aromatic carbocycles. The lowest BCUT2D eigenvalue weighted by Gasteiger charge is -2.08. The Labute approximate surface area is 172 Å². The number of anilines is 2. The van der Waals surface area contributed by atoms with Crippen LogP contribution in [0.5, 0.6) is 0 Å². The minimum absolute atomic E-state index is 0.0607. The van der Waals surface area contributed by atoms with Crippen molar-refractivity contribution in [2.45, 2.75) is 19.8 Å². The number of nitro groups is 2. The van der Waals surface area contributed by atoms with Gasteiger partial charge in [-0.15, -0.1) is 0 Å². The van der Waals surface area contributed by atoms with E-state index in [1.165, 1.54) is 18.2 Å². The van der Waals surface area contributed by atoms with Gasteiger partial charge in [-0.25, -0.2) is 9.97 Å². The van der Waals surface area contributed by atoms with E-state index in [9.17, 15) is 20.2 Å². The molecule has 30 heavy (non-hydrogen) atoms. The van der Waals surface area contributed by atoms with Crippen LogP contribution in [-0.2, 0) is 12.8 Å². The molecule has 0 saturated heterocycles. The molecule has 3 rings (SSSR count). The molecule has 0 radical (unpaired) electrons. The second-order valence-electron chi connectivity index (χ2n) is 6.55. The Kier molecular flexibility index (Phi) is 6.16. The smallest absolute Gasteiger partial charge is 0.311 e. The normalized spacial score (nSPS) is 10.6. The van der Waals surface area contributed by atoms with E-state index in [1.54, 1.807) is 6.20 Å². The van der Waals surface area contributed by atoms with Crippen LogP contribution in [0.25, 0.3) is 11.3 Å². The van der Waals surface area contributed by atoms with Crippen LogP contribution < -0.4 is 11.1 Å². The van der Waals surface area contributed by atoms with Crippen molar-refractivity contribution in [2.24, 2.45) is 0 Å². The lowest BCUT2D eigenvalue weighted by molar-refractivity contribution is -0.384. The summed E-state index contributed by atoms with van der Waals surface area (Å²) in [6, 6.07) is 11.8. The van der Waals surface area contributed by atoms with Gasteiger partial charge in [0.15, 0.2) is 0 Å². The largest absolute Gasteiger partial charge is 0.378 e. The van der Waals surface area contributed by atoms with E-state index < -0.39 is 9.85 Å². The van der Waals surface area contributed by atoms with Crippen LogP contribution in [-0.4, -0.2) is 26.4 Å². The molecule has 0 amide bonds. The van der Waals surface area contributed by atoms with Crippen LogP contribution in [0.1, 0.15) is 18.1 Å². The summed E-state index contributed by atoms with van der Waals surface area (Å²) in [5.74, 6) is 0.203. The molecular weight excluding hydrogens is 388 g/mol. The minimum atomic E-state index is -0.603. The van der Waals surface area contributed by atoms with E-state index in [4.69, 9.17) is 5.73 Å². The van der Waals surface area contributed by atoms with Crippen molar-refractivity contribution >= 4 is 23.0 Å². The predicted molar refractivity (Wildman–Crippen MR) is 113 cm³/mol. The second-order valence-corrected chi connectivity index (χ2v) is 6.55. The number of benzene rings is 1. The molecule has 10 heteroatoms. The highest BCUT2D eigenvalue weighted by Crippen LogP contribution is 2.29. The van der Waals surface area contributed by atoms with Crippen molar-refractivity contribution in [1.29, 1.82) is 0 Å². The maximum atomic E-state index is 11.6. The molecule has 0 atom stereocenters. The fourth-order valence-corrected chi connectivity index (χ4v) is 2.95. The molecule has 10 nitrogen and oxygen atoms in total. The number of nitrogens with one attached hydrogen (secondary N) is 1. The zero-order chi connectivity index (χ0) is 21.7. The van der Waals surface area contributed by atoms with E-state index in [-0.39, 0.29) is 17.2 Å². The van der Waals surface area contributed by atoms with Crippen LogP contribution in [0.15, 0.2) is 48.7 Å². The molecule has 2 aromatic heterocycles. The van der Waals surface area contributed by atoms with E-state index in [0.29, 0.717) is 35.6 Å². The van der Waals surface area contributed by atoms with Gasteiger partial charge in [0.25, 0.3) is 5.69 Å². The molecule has 2 heterocycles. The number of nitrogens with zero attached hydrogens (tertiary/aromatic N) is 4. The third-order valence-electron chi connectivity index (χ3n) is 4.58. The van der Waals surface area contributed by atoms with Gasteiger partial charge in [-0.3, -0.25) is 20.2 Å². The standard InChI is InChI=1S/C20H20N6O4/c1-2-13-3-5-15(6-4-13)19-17(26(29)30)11-14(12-23-19)9-10-22-18-8-7-16(25(27)28)20(21)24-18/h3-8,11-12H,2,9-10H2,1H3,(H3,21,22,24). The summed E-state index contributed by atoms with van der Waals surface area (Å²) in [5.41, 5.74) is 8.08. The Hall–Kier alpha value is -4.08. The summed E-state index contributed by atoms with van der Waals surface area (Å²) in [6.45, 7) is 2.44. The number of hydrogen-bond acceptors (Lipinski definition) is 8. The first-order valence-electron chi connectivity index (χ1n) is 9.26. The van der Waals surface area contributed by atoms with Crippen molar-refractivity contribution in [1.82, 2.24) is 9.97 Å². The minimum Gasteiger partial charge on any atom is -0.378 e.